The summed E-state index contributed by atoms with van der Waals surface area (Å²) in [4.78, 5) is 0. The average molecular weight is 263 g/mol. The van der Waals surface area contributed by atoms with Gasteiger partial charge in [-0.2, -0.15) is 22.0 Å². The van der Waals surface area contributed by atoms with Gasteiger partial charge in [0.05, 0.1) is 24.0 Å². The molecule has 0 radical (unpaired) electrons. The van der Waals surface area contributed by atoms with Crippen molar-refractivity contribution in [2.45, 2.75) is 18.2 Å². The molecular weight excluding hydrogens is 246 g/mol. The number of nitrogens with zero attached hydrogens (tertiary/aromatic N) is 2. The number of aliphatic hydroxyl groups excluding tert-OH is 1. The number of rotatable bonds is 5. The third kappa shape index (κ3) is 2.73. The predicted molar refractivity (Wildman–Crippen MR) is 77.0 cm³/mol. The van der Waals surface area contributed by atoms with Crippen LogP contribution in [0, 0.1) is 0 Å². The summed E-state index contributed by atoms with van der Waals surface area (Å²) in [5.41, 5.74) is 1.83. The summed E-state index contributed by atoms with van der Waals surface area (Å²) in [7, 11) is 0. The number of thioether (sulfide) groups is 1. The number of anilines is 1. The number of hydrogen-bond acceptors (Lipinski definition) is 5. The van der Waals surface area contributed by atoms with E-state index in [1.165, 1.54) is 0 Å². The quantitative estimate of drug-likeness (QED) is 0.865. The fourth-order valence-electron chi connectivity index (χ4n) is 1.90. The van der Waals surface area contributed by atoms with Gasteiger partial charge >= 0.3 is 0 Å². The Bertz CT molecular complexity index is 511. The van der Waals surface area contributed by atoms with E-state index in [-0.39, 0.29) is 17.9 Å². The lowest BCUT2D eigenvalue weighted by Crippen LogP contribution is -2.31. The van der Waals surface area contributed by atoms with E-state index in [0.29, 0.717) is 0 Å². The zero-order chi connectivity index (χ0) is 13.0. The molecule has 1 heterocycles. The molecule has 2 rings (SSSR count). The third-order valence-corrected chi connectivity index (χ3v) is 4.13. The summed E-state index contributed by atoms with van der Waals surface area (Å²) in [6.45, 7) is 2.22. The van der Waals surface area contributed by atoms with Crippen LogP contribution in [0.5, 0.6) is 0 Å². The van der Waals surface area contributed by atoms with Crippen molar-refractivity contribution < 1.29 is 5.11 Å². The molecule has 0 amide bonds. The summed E-state index contributed by atoms with van der Waals surface area (Å²) in [5.74, 6) is 0. The molecule has 0 aliphatic heterocycles. The van der Waals surface area contributed by atoms with Crippen molar-refractivity contribution in [2.24, 2.45) is 0 Å². The summed E-state index contributed by atoms with van der Waals surface area (Å²) >= 11 is 1.65. The van der Waals surface area contributed by atoms with Gasteiger partial charge in [-0.25, -0.2) is 0 Å². The summed E-state index contributed by atoms with van der Waals surface area (Å²) in [5, 5.41) is 22.0. The Morgan fingerprint density at radius 3 is 2.89 bits per heavy atom. The zero-order valence-electron chi connectivity index (χ0n) is 10.5. The molecule has 2 atom stereocenters. The average Bonchev–Trinajstić information content (AvgIpc) is 2.40. The van der Waals surface area contributed by atoms with E-state index in [0.717, 1.165) is 16.6 Å². The van der Waals surface area contributed by atoms with Crippen LogP contribution < -0.4 is 5.32 Å². The summed E-state index contributed by atoms with van der Waals surface area (Å²) in [6.07, 6.45) is 3.73. The maximum Gasteiger partial charge on any atom is 0.0950 e. The molecule has 5 heteroatoms. The van der Waals surface area contributed by atoms with Crippen molar-refractivity contribution in [1.29, 1.82) is 0 Å². The van der Waals surface area contributed by atoms with E-state index in [2.05, 4.69) is 22.4 Å². The largest absolute Gasteiger partial charge is 0.395 e. The van der Waals surface area contributed by atoms with Crippen molar-refractivity contribution in [3.63, 3.8) is 0 Å². The van der Waals surface area contributed by atoms with Crippen molar-refractivity contribution in [3.05, 3.63) is 30.5 Å². The number of aliphatic hydroxyl groups is 1. The maximum atomic E-state index is 9.30. The van der Waals surface area contributed by atoms with Crippen molar-refractivity contribution in [1.82, 2.24) is 10.2 Å². The highest BCUT2D eigenvalue weighted by Crippen LogP contribution is 2.22. The molecule has 1 aromatic heterocycles. The van der Waals surface area contributed by atoms with E-state index in [4.69, 9.17) is 0 Å². The monoisotopic (exact) mass is 263 g/mol. The first-order chi connectivity index (χ1) is 8.76. The minimum atomic E-state index is 0.159. The number of fused-ring (bicyclic) bond motifs is 1. The molecule has 96 valence electrons. The Morgan fingerprint density at radius 1 is 1.39 bits per heavy atom. The second-order valence-corrected chi connectivity index (χ2v) is 5.24. The van der Waals surface area contributed by atoms with Gasteiger partial charge in [0.15, 0.2) is 0 Å². The lowest BCUT2D eigenvalue weighted by atomic mass is 10.2. The molecule has 0 saturated heterocycles. The van der Waals surface area contributed by atoms with Crippen LogP contribution in [0.2, 0.25) is 0 Å². The standard InChI is InChI=1S/C13H17N3OS/c1-9(13(8-17)18-2)15-12-7-14-16-11-6-4-3-5-10(11)12/h3-7,9,13,17H,8H2,1-2H3,(H,15,16). The number of benzene rings is 1. The molecule has 2 unspecified atom stereocenters. The second kappa shape index (κ2) is 6.02. The first kappa shape index (κ1) is 13.1. The number of hydrogen-bond donors (Lipinski definition) is 2. The summed E-state index contributed by atoms with van der Waals surface area (Å²) in [6, 6.07) is 8.06. The van der Waals surface area contributed by atoms with Crippen LogP contribution in [0.1, 0.15) is 6.92 Å². The molecule has 18 heavy (non-hydrogen) atoms. The SMILES string of the molecule is CSC(CO)C(C)Nc1cnnc2ccccc12. The molecule has 0 aliphatic rings. The van der Waals surface area contributed by atoms with Gasteiger partial charge in [-0.3, -0.25) is 0 Å². The molecular formula is C13H17N3OS. The zero-order valence-corrected chi connectivity index (χ0v) is 11.3. The van der Waals surface area contributed by atoms with E-state index < -0.39 is 0 Å². The molecule has 2 aromatic rings. The lowest BCUT2D eigenvalue weighted by Gasteiger charge is -2.22. The third-order valence-electron chi connectivity index (χ3n) is 2.97. The molecule has 0 spiro atoms. The minimum Gasteiger partial charge on any atom is -0.395 e. The van der Waals surface area contributed by atoms with Crippen LogP contribution in [-0.2, 0) is 0 Å². The Kier molecular flexibility index (Phi) is 4.38. The predicted octanol–water partition coefficient (Wildman–Crippen LogP) is 2.15. The highest BCUT2D eigenvalue weighted by Gasteiger charge is 2.15. The Balaban J connectivity index is 2.26. The van der Waals surface area contributed by atoms with Gasteiger partial charge in [-0.1, -0.05) is 18.2 Å². The van der Waals surface area contributed by atoms with Crippen LogP contribution >= 0.6 is 11.8 Å². The van der Waals surface area contributed by atoms with Gasteiger partial charge in [-0.15, -0.1) is 0 Å². The minimum absolute atomic E-state index is 0.159. The van der Waals surface area contributed by atoms with Crippen molar-refractivity contribution in [2.75, 3.05) is 18.2 Å². The number of nitrogens with one attached hydrogen (secondary N) is 1. The van der Waals surface area contributed by atoms with E-state index in [1.54, 1.807) is 18.0 Å². The molecule has 2 N–H and O–H groups in total. The maximum absolute atomic E-state index is 9.30. The molecule has 0 bridgehead atoms. The summed E-state index contributed by atoms with van der Waals surface area (Å²) < 4.78 is 0. The Labute approximate surface area is 111 Å². The molecule has 4 nitrogen and oxygen atoms in total. The number of aromatic nitrogens is 2. The van der Waals surface area contributed by atoms with Gasteiger partial charge in [0.25, 0.3) is 0 Å². The van der Waals surface area contributed by atoms with Crippen molar-refractivity contribution in [3.8, 4) is 0 Å². The van der Waals surface area contributed by atoms with Gasteiger partial charge in [0.1, 0.15) is 0 Å². The van der Waals surface area contributed by atoms with Gasteiger partial charge in [0.2, 0.25) is 0 Å². The van der Waals surface area contributed by atoms with Crippen LogP contribution in [0.4, 0.5) is 5.69 Å². The van der Waals surface area contributed by atoms with Crippen LogP contribution in [0.3, 0.4) is 0 Å². The van der Waals surface area contributed by atoms with Gasteiger partial charge in [0, 0.05) is 16.7 Å². The Morgan fingerprint density at radius 2 is 2.17 bits per heavy atom. The second-order valence-electron chi connectivity index (χ2n) is 4.17. The molecule has 0 saturated carbocycles. The van der Waals surface area contributed by atoms with E-state index in [9.17, 15) is 5.11 Å². The fourth-order valence-corrected chi connectivity index (χ4v) is 2.52. The fraction of sp³-hybridized carbons (Fsp3) is 0.385. The smallest absolute Gasteiger partial charge is 0.0950 e. The topological polar surface area (TPSA) is 58.0 Å². The molecule has 0 aliphatic carbocycles. The van der Waals surface area contributed by atoms with Crippen LogP contribution in [0.25, 0.3) is 10.9 Å². The van der Waals surface area contributed by atoms with Gasteiger partial charge < -0.3 is 10.4 Å². The lowest BCUT2D eigenvalue weighted by molar-refractivity contribution is 0.288. The highest BCUT2D eigenvalue weighted by molar-refractivity contribution is 7.99. The van der Waals surface area contributed by atoms with E-state index >= 15 is 0 Å². The molecule has 1 aromatic carbocycles. The Hall–Kier alpha value is -1.33. The highest BCUT2D eigenvalue weighted by atomic mass is 32.2. The molecule has 0 fully saturated rings. The van der Waals surface area contributed by atoms with Crippen molar-refractivity contribution >= 4 is 28.4 Å². The normalized spacial score (nSPS) is 14.4. The van der Waals surface area contributed by atoms with Crippen LogP contribution in [0.15, 0.2) is 30.5 Å². The van der Waals surface area contributed by atoms with Crippen LogP contribution in [-0.4, -0.2) is 39.5 Å². The van der Waals surface area contributed by atoms with Gasteiger partial charge in [-0.05, 0) is 19.2 Å². The first-order valence-electron chi connectivity index (χ1n) is 5.87. The van der Waals surface area contributed by atoms with E-state index in [1.807, 2.05) is 30.5 Å². The first-order valence-corrected chi connectivity index (χ1v) is 7.15.